The van der Waals surface area contributed by atoms with Gasteiger partial charge in [-0.05, 0) is 169 Å². The Morgan fingerprint density at radius 2 is 0.663 bits per heavy atom. The smallest absolute Gasteiger partial charge is 0.469 e. The lowest BCUT2D eigenvalue weighted by molar-refractivity contribution is 0.102. The second-order valence-corrected chi connectivity index (χ2v) is 30.4. The van der Waals surface area contributed by atoms with E-state index in [4.69, 9.17) is 85.8 Å². The van der Waals surface area contributed by atoms with Gasteiger partial charge in [-0.2, -0.15) is 0 Å². The highest BCUT2D eigenvalue weighted by molar-refractivity contribution is 7.99. The monoisotopic (exact) mass is 1490 g/mol. The molecule has 0 aliphatic heterocycles. The highest BCUT2D eigenvalue weighted by Gasteiger charge is 2.30. The molecular formula is C73H82Cl3N3O14P2S3. The second kappa shape index (κ2) is 39.5. The minimum atomic E-state index is -4.67. The van der Waals surface area contributed by atoms with E-state index in [0.717, 1.165) is 80.0 Å². The van der Waals surface area contributed by atoms with Crippen LogP contribution in [0.3, 0.4) is 0 Å². The van der Waals surface area contributed by atoms with Crippen molar-refractivity contribution >= 4 is 85.7 Å². The number of phosphoric ester groups is 2. The Kier molecular flexibility index (Phi) is 32.1. The molecule has 0 aliphatic rings. The molecule has 17 nitrogen and oxygen atoms in total. The fourth-order valence-corrected chi connectivity index (χ4v) is 13.8. The van der Waals surface area contributed by atoms with E-state index in [1.165, 1.54) is 0 Å². The predicted octanol–water partition coefficient (Wildman–Crippen LogP) is 15.7. The summed E-state index contributed by atoms with van der Waals surface area (Å²) in [6.45, 7) is 1.68. The summed E-state index contributed by atoms with van der Waals surface area (Å²) < 4.78 is 48.8. The molecule has 0 aliphatic carbocycles. The van der Waals surface area contributed by atoms with Crippen LogP contribution in [0.25, 0.3) is 0 Å². The fourth-order valence-electron chi connectivity index (χ4n) is 9.23. The van der Waals surface area contributed by atoms with E-state index in [0.29, 0.717) is 73.4 Å². The molecular weight excluding hydrogens is 1410 g/mol. The molecule has 0 saturated carbocycles. The molecule has 0 spiro atoms. The minimum absolute atomic E-state index is 0.220. The number of halogens is 3. The Morgan fingerprint density at radius 1 is 0.378 bits per heavy atom. The van der Waals surface area contributed by atoms with Crippen LogP contribution in [0.2, 0.25) is 15.1 Å². The maximum atomic E-state index is 11.0. The Bertz CT molecular complexity index is 3840. The number of benzene rings is 9. The van der Waals surface area contributed by atoms with Gasteiger partial charge in [0.15, 0.2) is 0 Å². The summed E-state index contributed by atoms with van der Waals surface area (Å²) in [6.07, 6.45) is 3.25. The van der Waals surface area contributed by atoms with Crippen molar-refractivity contribution < 1.29 is 67.3 Å². The third-order valence-electron chi connectivity index (χ3n) is 15.3. The van der Waals surface area contributed by atoms with E-state index in [1.54, 1.807) is 35.3 Å². The molecule has 13 N–H and O–H groups in total. The standard InChI is InChI=1S/C25H29ClNO5PS.C24H27ClNO6PS.C24H26ClNO3S/c1-2-25(27,18-32-33(28,29)30)14-13-20-11-12-23(16-24(20)26)34-22-10-6-9-21(15-22)31-17-19-7-4-3-5-8-19;25-23-14-22(10-9-19(23)11-12-24(26,16-27)17-32-33(28,29)30)34-21-8-4-7-20(13-21)31-15-18-5-2-1-3-6-18;25-23-14-22(10-9-19(23)11-12-24(26,16-27)17-28)30-21-8-4-7-20(13-21)29-15-18-5-2-1-3-6-18/h3-12,15-16H,2,13-14,17-18,27H2,1H3,(H2,28,29,30);1-10,13-14,27H,11-12,15-17,26H2,(H2,28,29,30);1-10,13-14,27-28H,11-12,15-17,26H2/t25-;24-;/m00./s1. The molecule has 0 radical (unpaired) electrons. The van der Waals surface area contributed by atoms with E-state index in [-0.39, 0.29) is 26.2 Å². The zero-order valence-corrected chi connectivity index (χ0v) is 60.4. The first-order valence-electron chi connectivity index (χ1n) is 31.1. The van der Waals surface area contributed by atoms with Gasteiger partial charge < -0.3 is 66.3 Å². The van der Waals surface area contributed by atoms with Gasteiger partial charge in [-0.1, -0.05) is 204 Å². The van der Waals surface area contributed by atoms with Crippen LogP contribution in [0.1, 0.15) is 66.0 Å². The van der Waals surface area contributed by atoms with Gasteiger partial charge in [0.1, 0.15) is 37.1 Å². The van der Waals surface area contributed by atoms with Gasteiger partial charge in [0.2, 0.25) is 0 Å². The molecule has 0 saturated heterocycles. The van der Waals surface area contributed by atoms with E-state index in [9.17, 15) is 24.4 Å². The molecule has 25 heteroatoms. The lowest BCUT2D eigenvalue weighted by Crippen LogP contribution is -2.48. The molecule has 0 fully saturated rings. The van der Waals surface area contributed by atoms with Gasteiger partial charge in [-0.15, -0.1) is 0 Å². The molecule has 0 unspecified atom stereocenters. The molecule has 0 heterocycles. The van der Waals surface area contributed by atoms with E-state index in [2.05, 4.69) is 9.05 Å². The van der Waals surface area contributed by atoms with Crippen molar-refractivity contribution in [2.75, 3.05) is 33.0 Å². The number of rotatable bonds is 34. The molecule has 9 aromatic carbocycles. The first-order valence-corrected chi connectivity index (χ1v) is 37.8. The van der Waals surface area contributed by atoms with Crippen LogP contribution in [0.5, 0.6) is 17.2 Å². The molecule has 0 aromatic heterocycles. The zero-order valence-electron chi connectivity index (χ0n) is 53.9. The Morgan fingerprint density at radius 3 is 0.949 bits per heavy atom. The first-order chi connectivity index (χ1) is 46.8. The van der Waals surface area contributed by atoms with Gasteiger partial charge >= 0.3 is 15.6 Å². The van der Waals surface area contributed by atoms with Crippen LogP contribution in [-0.4, -0.2) is 84.5 Å². The van der Waals surface area contributed by atoms with Gasteiger partial charge in [0.05, 0.1) is 44.1 Å². The number of aryl methyl sites for hydroxylation is 3. The van der Waals surface area contributed by atoms with E-state index in [1.807, 2.05) is 225 Å². The zero-order chi connectivity index (χ0) is 70.6. The average molecular weight is 1490 g/mol. The van der Waals surface area contributed by atoms with Crippen LogP contribution >= 0.6 is 85.7 Å². The Balaban J connectivity index is 0.000000207. The summed E-state index contributed by atoms with van der Waals surface area (Å²) >= 11 is 24.2. The second-order valence-electron chi connectivity index (χ2n) is 23.3. The van der Waals surface area contributed by atoms with Gasteiger partial charge in [0, 0.05) is 50.0 Å². The molecule has 98 heavy (non-hydrogen) atoms. The summed E-state index contributed by atoms with van der Waals surface area (Å²) in [5.41, 5.74) is 21.1. The minimum Gasteiger partial charge on any atom is -0.489 e. The number of nitrogens with two attached hydrogens (primary N) is 3. The van der Waals surface area contributed by atoms with Gasteiger partial charge in [-0.3, -0.25) is 9.05 Å². The summed E-state index contributed by atoms with van der Waals surface area (Å²) in [5.74, 6) is 2.39. The molecule has 2 atom stereocenters. The lowest BCUT2D eigenvalue weighted by atomic mass is 9.90. The average Bonchev–Trinajstić information content (AvgIpc) is 0.872. The van der Waals surface area contributed by atoms with E-state index < -0.39 is 45.5 Å². The van der Waals surface area contributed by atoms with Crippen LogP contribution < -0.4 is 31.4 Å². The van der Waals surface area contributed by atoms with Crippen molar-refractivity contribution in [3.05, 3.63) is 267 Å². The SMILES string of the molecule is CC[C@](N)(CCc1ccc(Sc2cccc(OCc3ccccc3)c2)cc1Cl)COP(=O)(O)O.NC(CO)(CO)CCc1ccc(Sc2cccc(OCc3ccccc3)c2)cc1Cl.N[C@](CO)(CCc1ccc(Sc2cccc(OCc3ccccc3)c2)cc1Cl)COP(=O)(O)O. The van der Waals surface area contributed by atoms with Crippen molar-refractivity contribution in [3.8, 4) is 17.2 Å². The molecule has 0 amide bonds. The predicted molar refractivity (Wildman–Crippen MR) is 392 cm³/mol. The number of aliphatic hydroxyl groups is 3. The first kappa shape index (κ1) is 79.6. The topological polar surface area (TPSA) is 300 Å². The summed E-state index contributed by atoms with van der Waals surface area (Å²) in [4.78, 5) is 41.7. The molecule has 9 rings (SSSR count). The van der Waals surface area contributed by atoms with E-state index >= 15 is 0 Å². The number of hydrogen-bond donors (Lipinski definition) is 10. The number of ether oxygens (including phenoxy) is 3. The normalized spacial score (nSPS) is 12.8. The fraction of sp³-hybridized carbons (Fsp3) is 0.260. The summed E-state index contributed by atoms with van der Waals surface area (Å²) in [6, 6.07) is 71.2. The number of hydrogen-bond acceptors (Lipinski definition) is 16. The maximum absolute atomic E-state index is 11.0. The van der Waals surface area contributed by atoms with Crippen LogP contribution in [0.4, 0.5) is 0 Å². The van der Waals surface area contributed by atoms with Gasteiger partial charge in [0.25, 0.3) is 0 Å². The van der Waals surface area contributed by atoms with Gasteiger partial charge in [-0.25, -0.2) is 9.13 Å². The third-order valence-corrected chi connectivity index (χ3v) is 20.2. The molecule has 522 valence electrons. The highest BCUT2D eigenvalue weighted by Crippen LogP contribution is 2.41. The molecule has 0 bridgehead atoms. The summed E-state index contributed by atoms with van der Waals surface area (Å²) in [5, 5.41) is 30.0. The molecule has 9 aromatic rings. The Hall–Kier alpha value is -5.72. The number of aliphatic hydroxyl groups excluding tert-OH is 3. The van der Waals surface area contributed by atoms with Crippen LogP contribution in [0, 0.1) is 0 Å². The quantitative estimate of drug-likeness (QED) is 0.0168. The largest absolute Gasteiger partial charge is 0.489 e. The lowest BCUT2D eigenvalue weighted by Gasteiger charge is -2.28. The van der Waals surface area contributed by atoms with Crippen LogP contribution in [-0.2, 0) is 57.3 Å². The Labute approximate surface area is 600 Å². The van der Waals surface area contributed by atoms with Crippen LogP contribution in [0.15, 0.2) is 248 Å². The highest BCUT2D eigenvalue weighted by atomic mass is 35.5. The van der Waals surface area contributed by atoms with Crippen molar-refractivity contribution in [3.63, 3.8) is 0 Å². The van der Waals surface area contributed by atoms with Crippen molar-refractivity contribution in [2.45, 2.75) is 118 Å². The summed E-state index contributed by atoms with van der Waals surface area (Å²) in [7, 11) is -9.24. The third kappa shape index (κ3) is 28.7. The van der Waals surface area contributed by atoms with Crippen molar-refractivity contribution in [2.24, 2.45) is 17.2 Å². The maximum Gasteiger partial charge on any atom is 0.469 e. The number of phosphoric acid groups is 2. The van der Waals surface area contributed by atoms with Crippen molar-refractivity contribution in [1.82, 2.24) is 0 Å². The van der Waals surface area contributed by atoms with Crippen molar-refractivity contribution in [1.29, 1.82) is 0 Å².